The van der Waals surface area contributed by atoms with E-state index in [4.69, 9.17) is 10.00 Å². The molecule has 6 nitrogen and oxygen atoms in total. The predicted molar refractivity (Wildman–Crippen MR) is 91.1 cm³/mol. The molecule has 0 aliphatic carbocycles. The fraction of sp³-hybridized carbons (Fsp3) is 0.500. The number of alkyl carbamates (subject to hydrolysis) is 1. The molecule has 128 valence electrons. The number of ketones is 1. The maximum Gasteiger partial charge on any atom is 0.407 e. The van der Waals surface area contributed by atoms with Crippen molar-refractivity contribution in [2.45, 2.75) is 45.8 Å². The number of Topliss-reactive ketones (excluding diaryl/α,β-unsaturated/α-hetero) is 1. The number of hydrogen-bond donors (Lipinski definition) is 1. The van der Waals surface area contributed by atoms with Gasteiger partial charge >= 0.3 is 6.09 Å². The first kappa shape index (κ1) is 17.8. The summed E-state index contributed by atoms with van der Waals surface area (Å²) in [6.45, 7) is 8.25. The van der Waals surface area contributed by atoms with Gasteiger partial charge in [-0.05, 0) is 52.3 Å². The van der Waals surface area contributed by atoms with Crippen molar-refractivity contribution in [3.8, 4) is 6.07 Å². The van der Waals surface area contributed by atoms with Gasteiger partial charge in [0, 0.05) is 24.3 Å². The Morgan fingerprint density at radius 2 is 2.08 bits per heavy atom. The lowest BCUT2D eigenvalue weighted by atomic mass is 10.1. The summed E-state index contributed by atoms with van der Waals surface area (Å²) >= 11 is 0. The molecule has 1 N–H and O–H groups in total. The fourth-order valence-electron chi connectivity index (χ4n) is 2.73. The average Bonchev–Trinajstić information content (AvgIpc) is 2.92. The Morgan fingerprint density at radius 3 is 2.67 bits per heavy atom. The van der Waals surface area contributed by atoms with E-state index in [1.54, 1.807) is 18.2 Å². The van der Waals surface area contributed by atoms with Gasteiger partial charge in [-0.3, -0.25) is 4.79 Å². The van der Waals surface area contributed by atoms with Crippen molar-refractivity contribution in [2.24, 2.45) is 0 Å². The molecule has 1 aliphatic heterocycles. The molecule has 1 heterocycles. The van der Waals surface area contributed by atoms with Gasteiger partial charge in [0.1, 0.15) is 5.60 Å². The second-order valence-electron chi connectivity index (χ2n) is 6.98. The van der Waals surface area contributed by atoms with Crippen LogP contribution in [0.15, 0.2) is 18.2 Å². The van der Waals surface area contributed by atoms with Crippen LogP contribution in [-0.2, 0) is 4.74 Å². The smallest absolute Gasteiger partial charge is 0.407 e. The minimum atomic E-state index is -0.536. The van der Waals surface area contributed by atoms with E-state index in [1.807, 2.05) is 25.7 Å². The van der Waals surface area contributed by atoms with E-state index in [-0.39, 0.29) is 11.8 Å². The molecule has 1 saturated heterocycles. The Balaban J connectivity index is 2.09. The van der Waals surface area contributed by atoms with Crippen LogP contribution in [0.3, 0.4) is 0 Å². The third kappa shape index (κ3) is 4.48. The van der Waals surface area contributed by atoms with Gasteiger partial charge in [-0.15, -0.1) is 0 Å². The average molecular weight is 329 g/mol. The number of nitrogens with zero attached hydrogens (tertiary/aromatic N) is 2. The first-order chi connectivity index (χ1) is 11.2. The Morgan fingerprint density at radius 1 is 1.38 bits per heavy atom. The molecule has 0 radical (unpaired) electrons. The van der Waals surface area contributed by atoms with E-state index in [0.29, 0.717) is 24.2 Å². The van der Waals surface area contributed by atoms with Gasteiger partial charge in [-0.2, -0.15) is 5.26 Å². The molecular weight excluding hydrogens is 306 g/mol. The van der Waals surface area contributed by atoms with Gasteiger partial charge in [0.25, 0.3) is 0 Å². The monoisotopic (exact) mass is 329 g/mol. The van der Waals surface area contributed by atoms with Crippen LogP contribution in [0.5, 0.6) is 0 Å². The van der Waals surface area contributed by atoms with Crippen molar-refractivity contribution in [3.05, 3.63) is 29.3 Å². The highest BCUT2D eigenvalue weighted by Crippen LogP contribution is 2.26. The number of carbonyl (C=O) groups is 2. The number of amides is 1. The summed E-state index contributed by atoms with van der Waals surface area (Å²) in [4.78, 5) is 25.8. The largest absolute Gasteiger partial charge is 0.444 e. The zero-order chi connectivity index (χ0) is 17.9. The minimum absolute atomic E-state index is 0.0435. The maximum absolute atomic E-state index is 11.9. The summed E-state index contributed by atoms with van der Waals surface area (Å²) in [5.74, 6) is -0.0435. The van der Waals surface area contributed by atoms with E-state index in [1.165, 1.54) is 6.92 Å². The number of rotatable bonds is 3. The van der Waals surface area contributed by atoms with Crippen LogP contribution < -0.4 is 10.2 Å². The topological polar surface area (TPSA) is 82.4 Å². The normalized spacial score (nSPS) is 17.3. The Bertz CT molecular complexity index is 686. The zero-order valence-electron chi connectivity index (χ0n) is 14.5. The third-order valence-electron chi connectivity index (χ3n) is 3.76. The van der Waals surface area contributed by atoms with Crippen LogP contribution >= 0.6 is 0 Å². The first-order valence-corrected chi connectivity index (χ1v) is 7.99. The Labute approximate surface area is 142 Å². The van der Waals surface area contributed by atoms with E-state index in [9.17, 15) is 9.59 Å². The van der Waals surface area contributed by atoms with Gasteiger partial charge in [-0.1, -0.05) is 0 Å². The highest BCUT2D eigenvalue weighted by atomic mass is 16.6. The highest BCUT2D eigenvalue weighted by molar-refractivity contribution is 6.00. The number of anilines is 1. The van der Waals surface area contributed by atoms with E-state index < -0.39 is 11.7 Å². The Kier molecular flexibility index (Phi) is 5.13. The molecule has 1 aromatic rings. The standard InChI is InChI=1S/C18H23N3O3/c1-12(22)15-6-5-13(10-19)9-16(15)21-8-7-14(11-21)20-17(23)24-18(2,3)4/h5-6,9,14H,7-8,11H2,1-4H3,(H,20,23). The van der Waals surface area contributed by atoms with E-state index in [2.05, 4.69) is 11.4 Å². The second-order valence-corrected chi connectivity index (χ2v) is 6.98. The molecule has 1 aromatic carbocycles. The fourth-order valence-corrected chi connectivity index (χ4v) is 2.73. The summed E-state index contributed by atoms with van der Waals surface area (Å²) in [5, 5.41) is 11.9. The lowest BCUT2D eigenvalue weighted by Gasteiger charge is -2.23. The van der Waals surface area contributed by atoms with Crippen molar-refractivity contribution in [2.75, 3.05) is 18.0 Å². The Hall–Kier alpha value is -2.55. The van der Waals surface area contributed by atoms with Gasteiger partial charge < -0.3 is 15.0 Å². The van der Waals surface area contributed by atoms with Crippen LogP contribution in [-0.4, -0.2) is 36.6 Å². The van der Waals surface area contributed by atoms with Crippen LogP contribution in [0.4, 0.5) is 10.5 Å². The molecule has 2 rings (SSSR count). The summed E-state index contributed by atoms with van der Waals surface area (Å²) in [5.41, 5.74) is 1.31. The van der Waals surface area contributed by atoms with Crippen LogP contribution in [0.25, 0.3) is 0 Å². The third-order valence-corrected chi connectivity index (χ3v) is 3.76. The summed E-state index contributed by atoms with van der Waals surface area (Å²) in [6.07, 6.45) is 0.319. The minimum Gasteiger partial charge on any atom is -0.444 e. The number of carbonyl (C=O) groups excluding carboxylic acids is 2. The second kappa shape index (κ2) is 6.91. The molecule has 1 amide bonds. The van der Waals surface area contributed by atoms with Gasteiger partial charge in [0.05, 0.1) is 17.7 Å². The van der Waals surface area contributed by atoms with Crippen LogP contribution in [0.2, 0.25) is 0 Å². The molecule has 0 bridgehead atoms. The summed E-state index contributed by atoms with van der Waals surface area (Å²) < 4.78 is 5.27. The van der Waals surface area contributed by atoms with Crippen molar-refractivity contribution in [3.63, 3.8) is 0 Å². The zero-order valence-corrected chi connectivity index (χ0v) is 14.5. The molecule has 6 heteroatoms. The molecule has 1 unspecified atom stereocenters. The quantitative estimate of drug-likeness (QED) is 0.862. The molecule has 1 fully saturated rings. The SMILES string of the molecule is CC(=O)c1ccc(C#N)cc1N1CCC(NC(=O)OC(C)(C)C)C1. The van der Waals surface area contributed by atoms with Gasteiger partial charge in [0.15, 0.2) is 5.78 Å². The number of nitriles is 1. The van der Waals surface area contributed by atoms with E-state index >= 15 is 0 Å². The molecule has 0 aromatic heterocycles. The van der Waals surface area contributed by atoms with Crippen molar-refractivity contribution < 1.29 is 14.3 Å². The number of hydrogen-bond acceptors (Lipinski definition) is 5. The highest BCUT2D eigenvalue weighted by Gasteiger charge is 2.28. The van der Waals surface area contributed by atoms with Crippen molar-refractivity contribution in [1.82, 2.24) is 5.32 Å². The number of ether oxygens (including phenoxy) is 1. The molecule has 1 aliphatic rings. The first-order valence-electron chi connectivity index (χ1n) is 7.99. The van der Waals surface area contributed by atoms with E-state index in [0.717, 1.165) is 12.1 Å². The summed E-state index contributed by atoms with van der Waals surface area (Å²) in [6, 6.07) is 7.11. The van der Waals surface area contributed by atoms with Gasteiger partial charge in [-0.25, -0.2) is 4.79 Å². The number of nitrogens with one attached hydrogen (secondary N) is 1. The molecule has 0 spiro atoms. The molecular formula is C18H23N3O3. The lowest BCUT2D eigenvalue weighted by Crippen LogP contribution is -2.40. The molecule has 1 atom stereocenters. The molecule has 24 heavy (non-hydrogen) atoms. The van der Waals surface area contributed by atoms with Gasteiger partial charge in [0.2, 0.25) is 0 Å². The van der Waals surface area contributed by atoms with Crippen LogP contribution in [0.1, 0.15) is 50.0 Å². The maximum atomic E-state index is 11.9. The predicted octanol–water partition coefficient (Wildman–Crippen LogP) is 2.86. The number of benzene rings is 1. The lowest BCUT2D eigenvalue weighted by molar-refractivity contribution is 0.0509. The van der Waals surface area contributed by atoms with Crippen LogP contribution in [0, 0.1) is 11.3 Å². The van der Waals surface area contributed by atoms with Crippen molar-refractivity contribution >= 4 is 17.6 Å². The molecule has 0 saturated carbocycles. The summed E-state index contributed by atoms with van der Waals surface area (Å²) in [7, 11) is 0. The van der Waals surface area contributed by atoms with Crippen molar-refractivity contribution in [1.29, 1.82) is 5.26 Å².